The van der Waals surface area contributed by atoms with E-state index in [1.54, 1.807) is 11.6 Å². The van der Waals surface area contributed by atoms with Gasteiger partial charge in [-0.1, -0.05) is 17.7 Å². The zero-order valence-corrected chi connectivity index (χ0v) is 24.0. The lowest BCUT2D eigenvalue weighted by molar-refractivity contribution is -0.140. The number of allylic oxidation sites excluding steroid dienone is 1. The number of methoxy groups -OCH3 is 2. The van der Waals surface area contributed by atoms with Gasteiger partial charge in [-0.2, -0.15) is 0 Å². The molecule has 1 aromatic carbocycles. The molecule has 1 aromatic heterocycles. The highest BCUT2D eigenvalue weighted by molar-refractivity contribution is 7.89. The summed E-state index contributed by atoms with van der Waals surface area (Å²) < 4.78 is 65.5. The van der Waals surface area contributed by atoms with Crippen molar-refractivity contribution in [2.75, 3.05) is 20.0 Å². The van der Waals surface area contributed by atoms with E-state index < -0.39 is 44.7 Å². The molecule has 2 aromatic rings. The third kappa shape index (κ3) is 6.67. The van der Waals surface area contributed by atoms with Gasteiger partial charge in [0.05, 0.1) is 37.0 Å². The van der Waals surface area contributed by atoms with Gasteiger partial charge in [0.2, 0.25) is 10.0 Å². The standard InChI is InChI=1S/C25H27ClF2N4O6S2/c1-37-17(33)9-12-40(35,36)32-14-5-3-13(4-6-14)21-18(25(34)38-2)22(15-7-8-16(27)20(28)19(15)26)31-23(30-21)24-29-10-11-39-24/h7-8,10-11,13-14,22,32H,3-6,9,12H2,1-2H3,(H,30,31)/t13-,14-,22?. The van der Waals surface area contributed by atoms with E-state index in [0.717, 1.165) is 6.07 Å². The molecule has 0 radical (unpaired) electrons. The van der Waals surface area contributed by atoms with Crippen LogP contribution in [0.4, 0.5) is 8.78 Å². The summed E-state index contributed by atoms with van der Waals surface area (Å²) in [5.41, 5.74) is 0.656. The number of amidine groups is 1. The van der Waals surface area contributed by atoms with E-state index >= 15 is 0 Å². The Labute approximate surface area is 238 Å². The molecule has 0 amide bonds. The maximum Gasteiger partial charge on any atom is 0.338 e. The summed E-state index contributed by atoms with van der Waals surface area (Å²) in [4.78, 5) is 33.4. The van der Waals surface area contributed by atoms with Gasteiger partial charge in [-0.05, 0) is 37.7 Å². The van der Waals surface area contributed by atoms with Crippen LogP contribution >= 0.6 is 22.9 Å². The first kappa shape index (κ1) is 30.0. The summed E-state index contributed by atoms with van der Waals surface area (Å²) in [6, 6.07) is 0.719. The fourth-order valence-corrected chi connectivity index (χ4v) is 6.92. The Hall–Kier alpha value is -2.94. The highest BCUT2D eigenvalue weighted by Gasteiger charge is 2.38. The lowest BCUT2D eigenvalue weighted by Gasteiger charge is -2.35. The topological polar surface area (TPSA) is 136 Å². The Kier molecular flexibility index (Phi) is 9.54. The Morgan fingerprint density at radius 1 is 1.18 bits per heavy atom. The summed E-state index contributed by atoms with van der Waals surface area (Å²) in [7, 11) is -1.32. The number of carbonyl (C=O) groups excluding carboxylic acids is 2. The largest absolute Gasteiger partial charge is 0.469 e. The number of rotatable bonds is 9. The van der Waals surface area contributed by atoms with E-state index in [0.29, 0.717) is 42.2 Å². The number of carbonyl (C=O) groups is 2. The third-order valence-corrected chi connectivity index (χ3v) is 9.36. The van der Waals surface area contributed by atoms with Crippen molar-refractivity contribution in [3.63, 3.8) is 0 Å². The summed E-state index contributed by atoms with van der Waals surface area (Å²) in [6.45, 7) is 0. The second kappa shape index (κ2) is 12.7. The Morgan fingerprint density at radius 3 is 2.52 bits per heavy atom. The average molecular weight is 617 g/mol. The van der Waals surface area contributed by atoms with Crippen molar-refractivity contribution in [2.24, 2.45) is 10.9 Å². The number of benzene rings is 1. The summed E-state index contributed by atoms with van der Waals surface area (Å²) in [6.07, 6.45) is 3.19. The van der Waals surface area contributed by atoms with E-state index in [2.05, 4.69) is 24.8 Å². The zero-order chi connectivity index (χ0) is 29.0. The molecule has 216 valence electrons. The molecule has 4 rings (SSSR count). The molecule has 0 bridgehead atoms. The monoisotopic (exact) mass is 616 g/mol. The number of aromatic nitrogens is 1. The van der Waals surface area contributed by atoms with Crippen molar-refractivity contribution < 1.29 is 36.3 Å². The van der Waals surface area contributed by atoms with Gasteiger partial charge in [0.1, 0.15) is 6.04 Å². The molecule has 2 N–H and O–H groups in total. The molecule has 10 nitrogen and oxygen atoms in total. The molecule has 2 heterocycles. The predicted molar refractivity (Wildman–Crippen MR) is 144 cm³/mol. The van der Waals surface area contributed by atoms with Crippen LogP contribution in [0, 0.1) is 17.6 Å². The average Bonchev–Trinajstić information content (AvgIpc) is 3.49. The molecule has 40 heavy (non-hydrogen) atoms. The highest BCUT2D eigenvalue weighted by Crippen LogP contribution is 2.41. The molecule has 1 aliphatic carbocycles. The Balaban J connectivity index is 1.65. The number of hydrogen-bond acceptors (Lipinski definition) is 10. The SMILES string of the molecule is COC(=O)CCS(=O)(=O)N[C@H]1CC[C@H](C2=C(C(=O)OC)C(c3ccc(F)c(F)c3Cl)N=C(c3nccs3)N2)CC1. The summed E-state index contributed by atoms with van der Waals surface area (Å²) in [5, 5.41) is 4.97. The van der Waals surface area contributed by atoms with Crippen LogP contribution in [0.3, 0.4) is 0 Å². The van der Waals surface area contributed by atoms with Crippen molar-refractivity contribution in [1.29, 1.82) is 0 Å². The van der Waals surface area contributed by atoms with Crippen LogP contribution in [0.25, 0.3) is 0 Å². The molecular formula is C25H27ClF2N4O6S2. The lowest BCUT2D eigenvalue weighted by atomic mass is 9.80. The van der Waals surface area contributed by atoms with Gasteiger partial charge in [0.25, 0.3) is 0 Å². The van der Waals surface area contributed by atoms with Gasteiger partial charge in [0, 0.05) is 28.9 Å². The molecule has 1 atom stereocenters. The smallest absolute Gasteiger partial charge is 0.338 e. The van der Waals surface area contributed by atoms with E-state index in [1.807, 2.05) is 0 Å². The minimum Gasteiger partial charge on any atom is -0.469 e. The Bertz CT molecular complexity index is 1440. The molecule has 1 fully saturated rings. The lowest BCUT2D eigenvalue weighted by Crippen LogP contribution is -2.42. The van der Waals surface area contributed by atoms with Crippen molar-refractivity contribution in [1.82, 2.24) is 15.0 Å². The maximum absolute atomic E-state index is 14.5. The van der Waals surface area contributed by atoms with Crippen molar-refractivity contribution in [2.45, 2.75) is 44.2 Å². The van der Waals surface area contributed by atoms with Crippen molar-refractivity contribution in [3.05, 3.63) is 62.2 Å². The quantitative estimate of drug-likeness (QED) is 0.322. The molecule has 0 saturated heterocycles. The molecule has 1 aliphatic heterocycles. The van der Waals surface area contributed by atoms with Gasteiger partial charge in [0.15, 0.2) is 22.5 Å². The number of hydrogen-bond donors (Lipinski definition) is 2. The van der Waals surface area contributed by atoms with Crippen molar-refractivity contribution in [3.8, 4) is 0 Å². The van der Waals surface area contributed by atoms with E-state index in [-0.39, 0.29) is 35.3 Å². The second-order valence-corrected chi connectivity index (χ2v) is 12.4. The zero-order valence-electron chi connectivity index (χ0n) is 21.6. The van der Waals surface area contributed by atoms with Crippen LogP contribution < -0.4 is 10.0 Å². The normalized spacial score (nSPS) is 21.4. The van der Waals surface area contributed by atoms with Gasteiger partial charge >= 0.3 is 11.9 Å². The van der Waals surface area contributed by atoms with E-state index in [9.17, 15) is 26.8 Å². The number of nitrogens with one attached hydrogen (secondary N) is 2. The predicted octanol–water partition coefficient (Wildman–Crippen LogP) is 3.63. The van der Waals surface area contributed by atoms with Crippen LogP contribution in [0.2, 0.25) is 5.02 Å². The second-order valence-electron chi connectivity index (χ2n) is 9.24. The van der Waals surface area contributed by atoms with Gasteiger partial charge in [-0.25, -0.2) is 31.7 Å². The highest BCUT2D eigenvalue weighted by atomic mass is 35.5. The third-order valence-electron chi connectivity index (χ3n) is 6.76. The molecule has 1 saturated carbocycles. The molecule has 2 aliphatic rings. The van der Waals surface area contributed by atoms with E-state index in [4.69, 9.17) is 16.3 Å². The van der Waals surface area contributed by atoms with Gasteiger partial charge < -0.3 is 14.8 Å². The number of esters is 2. The molecular weight excluding hydrogens is 590 g/mol. The first-order chi connectivity index (χ1) is 19.0. The minimum absolute atomic E-state index is 0.0843. The van der Waals surface area contributed by atoms with Crippen LogP contribution in [-0.2, 0) is 29.1 Å². The van der Waals surface area contributed by atoms with Crippen LogP contribution in [0.5, 0.6) is 0 Å². The first-order valence-electron chi connectivity index (χ1n) is 12.3. The molecule has 1 unspecified atom stereocenters. The fraction of sp³-hybridized carbons (Fsp3) is 0.440. The number of aliphatic imine (C=N–C) groups is 1. The van der Waals surface area contributed by atoms with Gasteiger partial charge in [-0.15, -0.1) is 11.3 Å². The van der Waals surface area contributed by atoms with Crippen molar-refractivity contribution >= 4 is 50.7 Å². The number of ether oxygens (including phenoxy) is 2. The summed E-state index contributed by atoms with van der Waals surface area (Å²) >= 11 is 7.50. The van der Waals surface area contributed by atoms with Crippen LogP contribution in [-0.4, -0.2) is 57.2 Å². The van der Waals surface area contributed by atoms with Gasteiger partial charge in [-0.3, -0.25) is 9.79 Å². The number of halogens is 3. The fourth-order valence-electron chi connectivity index (χ4n) is 4.78. The maximum atomic E-state index is 14.5. The number of nitrogens with zero attached hydrogens (tertiary/aromatic N) is 2. The molecule has 15 heteroatoms. The number of sulfonamides is 1. The minimum atomic E-state index is -3.71. The first-order valence-corrected chi connectivity index (χ1v) is 15.2. The molecule has 0 spiro atoms. The Morgan fingerprint density at radius 2 is 1.90 bits per heavy atom. The number of thiazole rings is 1. The summed E-state index contributed by atoms with van der Waals surface area (Å²) in [5.74, 6) is -4.04. The van der Waals surface area contributed by atoms with Crippen LogP contribution in [0.1, 0.15) is 48.7 Å². The van der Waals surface area contributed by atoms with Crippen LogP contribution in [0.15, 0.2) is 40.0 Å². The van der Waals surface area contributed by atoms with E-state index in [1.165, 1.54) is 31.6 Å².